The Bertz CT molecular complexity index is 1050. The van der Waals surface area contributed by atoms with Crippen molar-refractivity contribution in [2.24, 2.45) is 0 Å². The Labute approximate surface area is 176 Å². The largest absolute Gasteiger partial charge is 0.466 e. The highest BCUT2D eigenvalue weighted by Gasteiger charge is 2.31. The first kappa shape index (κ1) is 22.0. The molecular weight excluding hydrogens is 406 g/mol. The van der Waals surface area contributed by atoms with Gasteiger partial charge in [-0.25, -0.2) is 8.42 Å². The van der Waals surface area contributed by atoms with Gasteiger partial charge in [0.25, 0.3) is 5.91 Å². The summed E-state index contributed by atoms with van der Waals surface area (Å²) in [5.74, 6) is 0.913. The van der Waals surface area contributed by atoms with Crippen LogP contribution in [0, 0.1) is 20.8 Å². The molecule has 1 aromatic heterocycles. The Morgan fingerprint density at radius 2 is 1.63 bits per heavy atom. The first-order valence-electron chi connectivity index (χ1n) is 9.85. The smallest absolute Gasteiger partial charge is 0.255 e. The van der Waals surface area contributed by atoms with E-state index in [0.717, 1.165) is 11.3 Å². The molecule has 2 amide bonds. The predicted octanol–water partition coefficient (Wildman–Crippen LogP) is 2.75. The summed E-state index contributed by atoms with van der Waals surface area (Å²) in [6.45, 7) is 7.48. The predicted molar refractivity (Wildman–Crippen MR) is 113 cm³/mol. The van der Waals surface area contributed by atoms with Gasteiger partial charge >= 0.3 is 0 Å². The van der Waals surface area contributed by atoms with Crippen LogP contribution in [-0.4, -0.2) is 43.7 Å². The zero-order chi connectivity index (χ0) is 22.1. The molecular formula is C21H27N3O5S. The molecule has 0 radical (unpaired) electrons. The van der Waals surface area contributed by atoms with E-state index in [0.29, 0.717) is 42.9 Å². The van der Waals surface area contributed by atoms with Gasteiger partial charge in [0.2, 0.25) is 15.9 Å². The first-order chi connectivity index (χ1) is 14.1. The highest BCUT2D eigenvalue weighted by Crippen LogP contribution is 2.24. The summed E-state index contributed by atoms with van der Waals surface area (Å²) in [5, 5.41) is 5.62. The second kappa shape index (κ2) is 8.61. The molecule has 9 heteroatoms. The van der Waals surface area contributed by atoms with Crippen LogP contribution in [-0.2, 0) is 14.8 Å². The third-order valence-electron chi connectivity index (χ3n) is 5.39. The molecule has 1 aliphatic rings. The van der Waals surface area contributed by atoms with Crippen molar-refractivity contribution in [2.75, 3.05) is 18.4 Å². The lowest BCUT2D eigenvalue weighted by atomic mass is 10.0. The van der Waals surface area contributed by atoms with Gasteiger partial charge in [0.15, 0.2) is 0 Å². The lowest BCUT2D eigenvalue weighted by molar-refractivity contribution is -0.114. The van der Waals surface area contributed by atoms with Crippen molar-refractivity contribution in [3.63, 3.8) is 0 Å². The zero-order valence-corrected chi connectivity index (χ0v) is 18.4. The number of hydrogen-bond donors (Lipinski definition) is 2. The van der Waals surface area contributed by atoms with E-state index in [2.05, 4.69) is 10.6 Å². The second-order valence-corrected chi connectivity index (χ2v) is 9.51. The Hall–Kier alpha value is -2.65. The fraction of sp³-hybridized carbons (Fsp3) is 0.429. The number of furan rings is 1. The maximum absolute atomic E-state index is 12.9. The molecule has 2 heterocycles. The lowest BCUT2D eigenvalue weighted by Gasteiger charge is -2.31. The molecule has 0 atom stereocenters. The maximum atomic E-state index is 12.9. The van der Waals surface area contributed by atoms with Gasteiger partial charge < -0.3 is 15.1 Å². The molecule has 1 saturated heterocycles. The molecule has 1 fully saturated rings. The van der Waals surface area contributed by atoms with Crippen molar-refractivity contribution in [2.45, 2.75) is 51.5 Å². The number of nitrogens with one attached hydrogen (secondary N) is 2. The molecule has 0 bridgehead atoms. The third kappa shape index (κ3) is 4.57. The summed E-state index contributed by atoms with van der Waals surface area (Å²) >= 11 is 0. The number of hydrogen-bond acceptors (Lipinski definition) is 5. The summed E-state index contributed by atoms with van der Waals surface area (Å²) in [4.78, 5) is 23.9. The average Bonchev–Trinajstić information content (AvgIpc) is 2.94. The Kier molecular flexibility index (Phi) is 6.33. The number of amides is 2. The van der Waals surface area contributed by atoms with Gasteiger partial charge in [-0.15, -0.1) is 0 Å². The SMILES string of the molecule is CC(=O)Nc1ccc(S(=O)(=O)N2CCC(NC(=O)c3c(C)oc(C)c3C)CC2)cc1. The van der Waals surface area contributed by atoms with Gasteiger partial charge in [-0.2, -0.15) is 4.31 Å². The van der Waals surface area contributed by atoms with Gasteiger partial charge in [0.05, 0.1) is 10.5 Å². The van der Waals surface area contributed by atoms with Gasteiger partial charge in [-0.3, -0.25) is 9.59 Å². The van der Waals surface area contributed by atoms with Crippen LogP contribution in [0.5, 0.6) is 0 Å². The molecule has 8 nitrogen and oxygen atoms in total. The van der Waals surface area contributed by atoms with E-state index < -0.39 is 10.0 Å². The summed E-state index contributed by atoms with van der Waals surface area (Å²) in [6, 6.07) is 6.01. The molecule has 0 unspecified atom stereocenters. The van der Waals surface area contributed by atoms with Crippen LogP contribution in [0.1, 0.15) is 47.2 Å². The summed E-state index contributed by atoms with van der Waals surface area (Å²) < 4.78 is 32.8. The molecule has 3 rings (SSSR count). The van der Waals surface area contributed by atoms with E-state index >= 15 is 0 Å². The average molecular weight is 434 g/mol. The number of piperidine rings is 1. The summed E-state index contributed by atoms with van der Waals surface area (Å²) in [5.41, 5.74) is 1.93. The molecule has 1 aliphatic heterocycles. The topological polar surface area (TPSA) is 109 Å². The van der Waals surface area contributed by atoms with Crippen molar-refractivity contribution >= 4 is 27.5 Å². The van der Waals surface area contributed by atoms with Crippen LogP contribution >= 0.6 is 0 Å². The molecule has 30 heavy (non-hydrogen) atoms. The van der Waals surface area contributed by atoms with Crippen molar-refractivity contribution in [3.8, 4) is 0 Å². The van der Waals surface area contributed by atoms with Gasteiger partial charge in [0, 0.05) is 37.3 Å². The fourth-order valence-electron chi connectivity index (χ4n) is 3.69. The maximum Gasteiger partial charge on any atom is 0.255 e. The van der Waals surface area contributed by atoms with Crippen LogP contribution in [0.2, 0.25) is 0 Å². The number of carbonyl (C=O) groups is 2. The highest BCUT2D eigenvalue weighted by atomic mass is 32.2. The van der Waals surface area contributed by atoms with E-state index in [4.69, 9.17) is 4.42 Å². The van der Waals surface area contributed by atoms with Crippen LogP contribution in [0.4, 0.5) is 5.69 Å². The van der Waals surface area contributed by atoms with E-state index in [9.17, 15) is 18.0 Å². The van der Waals surface area contributed by atoms with Crippen LogP contribution in [0.15, 0.2) is 33.6 Å². The quantitative estimate of drug-likeness (QED) is 0.754. The van der Waals surface area contributed by atoms with Crippen molar-refractivity contribution in [1.82, 2.24) is 9.62 Å². The fourth-order valence-corrected chi connectivity index (χ4v) is 5.16. The molecule has 1 aromatic carbocycles. The number of nitrogens with zero attached hydrogens (tertiary/aromatic N) is 1. The van der Waals surface area contributed by atoms with E-state index in [1.54, 1.807) is 19.1 Å². The second-order valence-electron chi connectivity index (χ2n) is 7.57. The Morgan fingerprint density at radius 3 is 2.13 bits per heavy atom. The monoisotopic (exact) mass is 433 g/mol. The zero-order valence-electron chi connectivity index (χ0n) is 17.6. The van der Waals surface area contributed by atoms with Crippen molar-refractivity contribution < 1.29 is 22.4 Å². The summed E-state index contributed by atoms with van der Waals surface area (Å²) in [6.07, 6.45) is 1.06. The molecule has 0 spiro atoms. The molecule has 2 N–H and O–H groups in total. The van der Waals surface area contributed by atoms with Gasteiger partial charge in [-0.05, 0) is 57.9 Å². The molecule has 162 valence electrons. The van der Waals surface area contributed by atoms with Crippen LogP contribution < -0.4 is 10.6 Å². The van der Waals surface area contributed by atoms with Crippen LogP contribution in [0.3, 0.4) is 0 Å². The molecule has 0 aliphatic carbocycles. The van der Waals surface area contributed by atoms with Gasteiger partial charge in [-0.1, -0.05) is 0 Å². The normalized spacial score (nSPS) is 15.7. The highest BCUT2D eigenvalue weighted by molar-refractivity contribution is 7.89. The first-order valence-corrected chi connectivity index (χ1v) is 11.3. The standard InChI is InChI=1S/C21H27N3O5S/c1-13-14(2)29-15(3)20(13)21(26)23-18-9-11-24(12-10-18)30(27,28)19-7-5-17(6-8-19)22-16(4)25/h5-8,18H,9-12H2,1-4H3,(H,22,25)(H,23,26). The number of aryl methyl sites for hydroxylation is 2. The van der Waals surface area contributed by atoms with Crippen LogP contribution in [0.25, 0.3) is 0 Å². The van der Waals surface area contributed by atoms with E-state index in [1.165, 1.54) is 23.4 Å². The van der Waals surface area contributed by atoms with E-state index in [-0.39, 0.29) is 22.8 Å². The lowest BCUT2D eigenvalue weighted by Crippen LogP contribution is -2.46. The minimum Gasteiger partial charge on any atom is -0.466 e. The Morgan fingerprint density at radius 1 is 1.03 bits per heavy atom. The number of carbonyl (C=O) groups excluding carboxylic acids is 2. The van der Waals surface area contributed by atoms with Crippen molar-refractivity contribution in [1.29, 1.82) is 0 Å². The summed E-state index contributed by atoms with van der Waals surface area (Å²) in [7, 11) is -3.63. The minimum absolute atomic E-state index is 0.0971. The van der Waals surface area contributed by atoms with Crippen molar-refractivity contribution in [3.05, 3.63) is 46.9 Å². The molecule has 0 saturated carbocycles. The molecule has 2 aromatic rings. The van der Waals surface area contributed by atoms with E-state index in [1.807, 2.05) is 13.8 Å². The number of anilines is 1. The number of sulfonamides is 1. The third-order valence-corrected chi connectivity index (χ3v) is 7.30. The minimum atomic E-state index is -3.63. The van der Waals surface area contributed by atoms with Gasteiger partial charge in [0.1, 0.15) is 11.5 Å². The number of benzene rings is 1. The Balaban J connectivity index is 1.61. The number of rotatable bonds is 5.